The van der Waals surface area contributed by atoms with Gasteiger partial charge in [0, 0.05) is 23.3 Å². The minimum Gasteiger partial charge on any atom is -0.383 e. The van der Waals surface area contributed by atoms with Gasteiger partial charge in [-0.05, 0) is 31.2 Å². The normalized spacial score (nSPS) is 12.5. The van der Waals surface area contributed by atoms with Gasteiger partial charge in [0.2, 0.25) is 0 Å². The summed E-state index contributed by atoms with van der Waals surface area (Å²) in [4.78, 5) is 0. The Morgan fingerprint density at radius 3 is 2.54 bits per heavy atom. The van der Waals surface area contributed by atoms with Crippen LogP contribution in [0.3, 0.4) is 0 Å². The number of hydrogen-bond acceptors (Lipinski definition) is 2. The lowest BCUT2D eigenvalue weighted by atomic mass is 10.3. The van der Waals surface area contributed by atoms with E-state index in [4.69, 9.17) is 4.74 Å². The minimum atomic E-state index is 0.339. The Labute approximate surface area is 87.4 Å². The van der Waals surface area contributed by atoms with Gasteiger partial charge in [0.15, 0.2) is 0 Å². The van der Waals surface area contributed by atoms with Crippen molar-refractivity contribution in [1.29, 1.82) is 0 Å². The van der Waals surface area contributed by atoms with Crippen molar-refractivity contribution in [2.45, 2.75) is 13.0 Å². The van der Waals surface area contributed by atoms with E-state index in [0.717, 1.165) is 16.8 Å². The van der Waals surface area contributed by atoms with Gasteiger partial charge >= 0.3 is 0 Å². The molecule has 1 aromatic carbocycles. The van der Waals surface area contributed by atoms with E-state index in [2.05, 4.69) is 28.2 Å². The molecule has 0 aliphatic carbocycles. The average molecular weight is 244 g/mol. The topological polar surface area (TPSA) is 21.3 Å². The van der Waals surface area contributed by atoms with Gasteiger partial charge in [-0.15, -0.1) is 0 Å². The molecule has 2 nitrogen and oxygen atoms in total. The highest BCUT2D eigenvalue weighted by molar-refractivity contribution is 9.10. The molecule has 1 N–H and O–H groups in total. The maximum Gasteiger partial charge on any atom is 0.0661 e. The van der Waals surface area contributed by atoms with Crippen LogP contribution >= 0.6 is 15.9 Å². The van der Waals surface area contributed by atoms with Gasteiger partial charge in [-0.3, -0.25) is 0 Å². The third-order valence-electron chi connectivity index (χ3n) is 1.67. The van der Waals surface area contributed by atoms with Crippen LogP contribution in [0.15, 0.2) is 28.7 Å². The Bertz CT molecular complexity index is 248. The molecule has 0 radical (unpaired) electrons. The zero-order chi connectivity index (χ0) is 9.68. The first-order chi connectivity index (χ1) is 6.22. The first-order valence-corrected chi connectivity index (χ1v) is 5.02. The zero-order valence-corrected chi connectivity index (χ0v) is 9.47. The van der Waals surface area contributed by atoms with E-state index >= 15 is 0 Å². The van der Waals surface area contributed by atoms with E-state index in [1.54, 1.807) is 7.11 Å². The lowest BCUT2D eigenvalue weighted by Gasteiger charge is -2.13. The molecule has 1 aromatic rings. The van der Waals surface area contributed by atoms with Gasteiger partial charge in [-0.25, -0.2) is 0 Å². The number of halogens is 1. The second-order valence-electron chi connectivity index (χ2n) is 3.01. The number of rotatable bonds is 4. The first kappa shape index (κ1) is 10.5. The Morgan fingerprint density at radius 2 is 2.00 bits per heavy atom. The second-order valence-corrected chi connectivity index (χ2v) is 3.92. The molecule has 0 fully saturated rings. The van der Waals surface area contributed by atoms with Crippen LogP contribution in [0.5, 0.6) is 0 Å². The van der Waals surface area contributed by atoms with E-state index in [9.17, 15) is 0 Å². The lowest BCUT2D eigenvalue weighted by Crippen LogP contribution is -2.20. The van der Waals surface area contributed by atoms with Gasteiger partial charge in [0.1, 0.15) is 0 Å². The quantitative estimate of drug-likeness (QED) is 0.879. The van der Waals surface area contributed by atoms with Crippen LogP contribution in [0.2, 0.25) is 0 Å². The zero-order valence-electron chi connectivity index (χ0n) is 7.88. The van der Waals surface area contributed by atoms with E-state index in [1.807, 2.05) is 24.3 Å². The maximum atomic E-state index is 5.03. The summed E-state index contributed by atoms with van der Waals surface area (Å²) >= 11 is 3.39. The molecule has 0 aliphatic rings. The number of anilines is 1. The van der Waals surface area contributed by atoms with Crippen LogP contribution in [0.1, 0.15) is 6.92 Å². The summed E-state index contributed by atoms with van der Waals surface area (Å²) in [6, 6.07) is 8.45. The van der Waals surface area contributed by atoms with Gasteiger partial charge < -0.3 is 10.1 Å². The molecule has 1 unspecified atom stereocenters. The first-order valence-electron chi connectivity index (χ1n) is 4.23. The van der Waals surface area contributed by atoms with Crippen LogP contribution in [-0.2, 0) is 4.74 Å². The summed E-state index contributed by atoms with van der Waals surface area (Å²) in [6.45, 7) is 2.81. The van der Waals surface area contributed by atoms with Crippen molar-refractivity contribution >= 4 is 21.6 Å². The SMILES string of the molecule is COCC(C)Nc1ccc(Br)cc1. The Hall–Kier alpha value is -0.540. The highest BCUT2D eigenvalue weighted by Crippen LogP contribution is 2.14. The van der Waals surface area contributed by atoms with Crippen molar-refractivity contribution in [2.75, 3.05) is 19.0 Å². The van der Waals surface area contributed by atoms with Crippen LogP contribution in [0.25, 0.3) is 0 Å². The number of nitrogens with one attached hydrogen (secondary N) is 1. The van der Waals surface area contributed by atoms with Crippen molar-refractivity contribution in [3.63, 3.8) is 0 Å². The van der Waals surface area contributed by atoms with Crippen LogP contribution in [0, 0.1) is 0 Å². The predicted octanol–water partition coefficient (Wildman–Crippen LogP) is 2.90. The summed E-state index contributed by atoms with van der Waals surface area (Å²) in [6.07, 6.45) is 0. The van der Waals surface area contributed by atoms with Gasteiger partial charge in [0.05, 0.1) is 6.61 Å². The van der Waals surface area contributed by atoms with Gasteiger partial charge in [-0.2, -0.15) is 0 Å². The summed E-state index contributed by atoms with van der Waals surface area (Å²) in [5.41, 5.74) is 1.12. The molecule has 13 heavy (non-hydrogen) atoms. The van der Waals surface area contributed by atoms with E-state index in [1.165, 1.54) is 0 Å². The number of ether oxygens (including phenoxy) is 1. The summed E-state index contributed by atoms with van der Waals surface area (Å²) in [5.74, 6) is 0. The Kier molecular flexibility index (Phi) is 4.25. The van der Waals surface area contributed by atoms with Crippen LogP contribution in [0.4, 0.5) is 5.69 Å². The number of benzene rings is 1. The average Bonchev–Trinajstić information content (AvgIpc) is 2.09. The minimum absolute atomic E-state index is 0.339. The molecule has 0 aromatic heterocycles. The van der Waals surface area contributed by atoms with E-state index in [0.29, 0.717) is 6.04 Å². The molecule has 1 rings (SSSR count). The molecular weight excluding hydrogens is 230 g/mol. The number of hydrogen-bond donors (Lipinski definition) is 1. The predicted molar refractivity (Wildman–Crippen MR) is 59.1 cm³/mol. The molecule has 72 valence electrons. The molecule has 0 saturated heterocycles. The monoisotopic (exact) mass is 243 g/mol. The van der Waals surface area contributed by atoms with E-state index in [-0.39, 0.29) is 0 Å². The van der Waals surface area contributed by atoms with Gasteiger partial charge in [0.25, 0.3) is 0 Å². The van der Waals surface area contributed by atoms with Gasteiger partial charge in [-0.1, -0.05) is 15.9 Å². The van der Waals surface area contributed by atoms with Crippen LogP contribution in [-0.4, -0.2) is 19.8 Å². The molecule has 1 atom stereocenters. The molecule has 0 amide bonds. The van der Waals surface area contributed by atoms with Crippen molar-refractivity contribution in [1.82, 2.24) is 0 Å². The summed E-state index contributed by atoms with van der Waals surface area (Å²) in [5, 5.41) is 3.32. The molecule has 0 spiro atoms. The largest absolute Gasteiger partial charge is 0.383 e. The Morgan fingerprint density at radius 1 is 1.38 bits per heavy atom. The van der Waals surface area contributed by atoms with Crippen molar-refractivity contribution < 1.29 is 4.74 Å². The molecular formula is C10H14BrNO. The molecule has 0 saturated carbocycles. The number of methoxy groups -OCH3 is 1. The fourth-order valence-electron chi connectivity index (χ4n) is 1.12. The van der Waals surface area contributed by atoms with Crippen molar-refractivity contribution in [3.05, 3.63) is 28.7 Å². The fourth-order valence-corrected chi connectivity index (χ4v) is 1.39. The summed E-state index contributed by atoms with van der Waals surface area (Å²) < 4.78 is 6.12. The Balaban J connectivity index is 2.49. The molecule has 0 heterocycles. The lowest BCUT2D eigenvalue weighted by molar-refractivity contribution is 0.190. The maximum absolute atomic E-state index is 5.03. The highest BCUT2D eigenvalue weighted by atomic mass is 79.9. The molecule has 3 heteroatoms. The smallest absolute Gasteiger partial charge is 0.0661 e. The fraction of sp³-hybridized carbons (Fsp3) is 0.400. The van der Waals surface area contributed by atoms with Crippen LogP contribution < -0.4 is 5.32 Å². The highest BCUT2D eigenvalue weighted by Gasteiger charge is 1.99. The standard InChI is InChI=1S/C10H14BrNO/c1-8(7-13-2)12-10-5-3-9(11)4-6-10/h3-6,8,12H,7H2,1-2H3. The van der Waals surface area contributed by atoms with Crippen molar-refractivity contribution in [2.24, 2.45) is 0 Å². The van der Waals surface area contributed by atoms with Crippen molar-refractivity contribution in [3.8, 4) is 0 Å². The molecule has 0 bridgehead atoms. The molecule has 0 aliphatic heterocycles. The second kappa shape index (κ2) is 5.25. The third kappa shape index (κ3) is 3.79. The summed E-state index contributed by atoms with van der Waals surface area (Å²) in [7, 11) is 1.71. The van der Waals surface area contributed by atoms with E-state index < -0.39 is 0 Å². The third-order valence-corrected chi connectivity index (χ3v) is 2.20.